The molecule has 1 aliphatic heterocycles. The van der Waals surface area contributed by atoms with Gasteiger partial charge in [-0.1, -0.05) is 11.6 Å². The number of nitrogens with zero attached hydrogens (tertiary/aromatic N) is 3. The van der Waals surface area contributed by atoms with Crippen LogP contribution >= 0.6 is 11.6 Å². The fourth-order valence-corrected chi connectivity index (χ4v) is 3.33. The van der Waals surface area contributed by atoms with Crippen molar-refractivity contribution in [2.24, 2.45) is 0 Å². The molecule has 0 aliphatic carbocycles. The van der Waals surface area contributed by atoms with Crippen molar-refractivity contribution < 1.29 is 4.79 Å². The second-order valence-electron chi connectivity index (χ2n) is 5.78. The second kappa shape index (κ2) is 6.43. The van der Waals surface area contributed by atoms with Crippen LogP contribution in [0.15, 0.2) is 24.4 Å². The zero-order valence-electron chi connectivity index (χ0n) is 12.8. The number of hydrogen-bond donors (Lipinski definition) is 1. The van der Waals surface area contributed by atoms with E-state index in [1.165, 1.54) is 6.92 Å². The molecule has 0 spiro atoms. The maximum Gasteiger partial charge on any atom is 0.217 e. The van der Waals surface area contributed by atoms with Gasteiger partial charge in [0.1, 0.15) is 6.07 Å². The van der Waals surface area contributed by atoms with Gasteiger partial charge in [0.25, 0.3) is 0 Å². The van der Waals surface area contributed by atoms with Gasteiger partial charge in [0.2, 0.25) is 5.91 Å². The number of rotatable bonds is 2. The average Bonchev–Trinajstić information content (AvgIpc) is 2.53. The van der Waals surface area contributed by atoms with E-state index in [1.807, 2.05) is 12.1 Å². The zero-order valence-corrected chi connectivity index (χ0v) is 13.6. The zero-order chi connectivity index (χ0) is 16.4. The molecule has 0 bridgehead atoms. The number of halogens is 1. The van der Waals surface area contributed by atoms with Crippen LogP contribution in [0, 0.1) is 11.3 Å². The van der Waals surface area contributed by atoms with Gasteiger partial charge < -0.3 is 10.2 Å². The molecular formula is C17H17ClN4O. The number of amides is 1. The summed E-state index contributed by atoms with van der Waals surface area (Å²) in [4.78, 5) is 17.8. The number of anilines is 1. The van der Waals surface area contributed by atoms with E-state index in [9.17, 15) is 10.1 Å². The second-order valence-corrected chi connectivity index (χ2v) is 6.22. The number of carbonyl (C=O) groups excluding carboxylic acids is 1. The minimum absolute atomic E-state index is 0.0278. The van der Waals surface area contributed by atoms with Gasteiger partial charge in [-0.3, -0.25) is 9.78 Å². The summed E-state index contributed by atoms with van der Waals surface area (Å²) >= 11 is 6.14. The molecule has 3 rings (SSSR count). The molecule has 118 valence electrons. The highest BCUT2D eigenvalue weighted by atomic mass is 35.5. The molecule has 1 saturated heterocycles. The van der Waals surface area contributed by atoms with E-state index in [4.69, 9.17) is 11.6 Å². The lowest BCUT2D eigenvalue weighted by Gasteiger charge is -2.35. The first-order chi connectivity index (χ1) is 11.1. The number of hydrogen-bond acceptors (Lipinski definition) is 4. The standard InChI is InChI=1S/C17H17ClN4O/c1-11(23)21-14-3-2-6-22(10-14)17-12(8-19)9-20-16-5-4-13(18)7-15(16)17/h4-5,7,9,14H,2-3,6,10H2,1H3,(H,21,23). The molecule has 5 nitrogen and oxygen atoms in total. The van der Waals surface area contributed by atoms with E-state index in [1.54, 1.807) is 12.3 Å². The number of aromatic nitrogens is 1. The van der Waals surface area contributed by atoms with Gasteiger partial charge in [-0.2, -0.15) is 5.26 Å². The van der Waals surface area contributed by atoms with Crippen molar-refractivity contribution in [3.05, 3.63) is 35.0 Å². The van der Waals surface area contributed by atoms with Crippen molar-refractivity contribution in [1.82, 2.24) is 10.3 Å². The Hall–Kier alpha value is -2.32. The molecule has 1 amide bonds. The first-order valence-electron chi connectivity index (χ1n) is 7.59. The number of pyridine rings is 1. The summed E-state index contributed by atoms with van der Waals surface area (Å²) in [5, 5.41) is 13.9. The Kier molecular flexibility index (Phi) is 4.35. The molecular weight excluding hydrogens is 312 g/mol. The lowest BCUT2D eigenvalue weighted by molar-refractivity contribution is -0.119. The molecule has 1 aromatic heterocycles. The van der Waals surface area contributed by atoms with E-state index in [-0.39, 0.29) is 11.9 Å². The van der Waals surface area contributed by atoms with Crippen LogP contribution in [0.4, 0.5) is 5.69 Å². The first kappa shape index (κ1) is 15.6. The van der Waals surface area contributed by atoms with Crippen LogP contribution in [0.25, 0.3) is 10.9 Å². The summed E-state index contributed by atoms with van der Waals surface area (Å²) in [6.45, 7) is 3.05. The van der Waals surface area contributed by atoms with Crippen LogP contribution in [0.5, 0.6) is 0 Å². The maximum atomic E-state index is 11.3. The van der Waals surface area contributed by atoms with Crippen LogP contribution in [0.2, 0.25) is 5.02 Å². The molecule has 1 N–H and O–H groups in total. The minimum Gasteiger partial charge on any atom is -0.368 e. The van der Waals surface area contributed by atoms with Crippen molar-refractivity contribution in [3.8, 4) is 6.07 Å². The van der Waals surface area contributed by atoms with E-state index < -0.39 is 0 Å². The van der Waals surface area contributed by atoms with Crippen molar-refractivity contribution in [2.45, 2.75) is 25.8 Å². The molecule has 1 atom stereocenters. The summed E-state index contributed by atoms with van der Waals surface area (Å²) in [5.41, 5.74) is 2.20. The van der Waals surface area contributed by atoms with Gasteiger partial charge in [0.15, 0.2) is 0 Å². The monoisotopic (exact) mass is 328 g/mol. The normalized spacial score (nSPS) is 17.8. The van der Waals surface area contributed by atoms with Crippen molar-refractivity contribution in [1.29, 1.82) is 5.26 Å². The Bertz CT molecular complexity index is 799. The number of carbonyl (C=O) groups is 1. The van der Waals surface area contributed by atoms with Gasteiger partial charge in [0, 0.05) is 42.7 Å². The van der Waals surface area contributed by atoms with E-state index in [0.29, 0.717) is 17.1 Å². The van der Waals surface area contributed by atoms with Crippen LogP contribution in [-0.4, -0.2) is 30.0 Å². The molecule has 23 heavy (non-hydrogen) atoms. The molecule has 1 fully saturated rings. The Morgan fingerprint density at radius 3 is 3.09 bits per heavy atom. The summed E-state index contributed by atoms with van der Waals surface area (Å²) in [5.74, 6) is -0.0278. The number of nitriles is 1. The smallest absolute Gasteiger partial charge is 0.217 e. The van der Waals surface area contributed by atoms with Crippen molar-refractivity contribution in [2.75, 3.05) is 18.0 Å². The Morgan fingerprint density at radius 2 is 2.35 bits per heavy atom. The minimum atomic E-state index is -0.0278. The van der Waals surface area contributed by atoms with E-state index in [2.05, 4.69) is 21.3 Å². The quantitative estimate of drug-likeness (QED) is 0.920. The summed E-state index contributed by atoms with van der Waals surface area (Å²) in [7, 11) is 0. The van der Waals surface area contributed by atoms with Crippen LogP contribution in [0.1, 0.15) is 25.3 Å². The highest BCUT2D eigenvalue weighted by Crippen LogP contribution is 2.33. The summed E-state index contributed by atoms with van der Waals surface area (Å²) in [6, 6.07) is 7.82. The van der Waals surface area contributed by atoms with Gasteiger partial charge >= 0.3 is 0 Å². The molecule has 2 heterocycles. The van der Waals surface area contributed by atoms with Crippen molar-refractivity contribution in [3.63, 3.8) is 0 Å². The van der Waals surface area contributed by atoms with Gasteiger partial charge in [-0.25, -0.2) is 0 Å². The van der Waals surface area contributed by atoms with Gasteiger partial charge in [-0.15, -0.1) is 0 Å². The third kappa shape index (κ3) is 3.22. The van der Waals surface area contributed by atoms with E-state index >= 15 is 0 Å². The number of nitrogens with one attached hydrogen (secondary N) is 1. The average molecular weight is 329 g/mol. The highest BCUT2D eigenvalue weighted by Gasteiger charge is 2.24. The Morgan fingerprint density at radius 1 is 1.52 bits per heavy atom. The SMILES string of the molecule is CC(=O)NC1CCCN(c2c(C#N)cnc3ccc(Cl)cc23)C1. The summed E-state index contributed by atoms with van der Waals surface area (Å²) < 4.78 is 0. The Labute approximate surface area is 139 Å². The fourth-order valence-electron chi connectivity index (χ4n) is 3.16. The third-order valence-electron chi connectivity index (χ3n) is 4.07. The number of benzene rings is 1. The molecule has 1 unspecified atom stereocenters. The maximum absolute atomic E-state index is 11.3. The fraction of sp³-hybridized carbons (Fsp3) is 0.353. The van der Waals surface area contributed by atoms with Crippen LogP contribution in [0.3, 0.4) is 0 Å². The molecule has 1 aliphatic rings. The topological polar surface area (TPSA) is 69.0 Å². The van der Waals surface area contributed by atoms with Gasteiger partial charge in [-0.05, 0) is 31.0 Å². The van der Waals surface area contributed by atoms with Crippen LogP contribution < -0.4 is 10.2 Å². The number of fused-ring (bicyclic) bond motifs is 1. The number of piperidine rings is 1. The third-order valence-corrected chi connectivity index (χ3v) is 4.30. The predicted molar refractivity (Wildman–Crippen MR) is 90.5 cm³/mol. The van der Waals surface area contributed by atoms with Crippen molar-refractivity contribution >= 4 is 34.1 Å². The van der Waals surface area contributed by atoms with Gasteiger partial charge in [0.05, 0.1) is 16.8 Å². The summed E-state index contributed by atoms with van der Waals surface area (Å²) in [6.07, 6.45) is 3.51. The molecule has 2 aromatic rings. The highest BCUT2D eigenvalue weighted by molar-refractivity contribution is 6.31. The Balaban J connectivity index is 2.05. The largest absolute Gasteiger partial charge is 0.368 e. The molecule has 1 aromatic carbocycles. The predicted octanol–water partition coefficient (Wildman–Crippen LogP) is 2.86. The molecule has 6 heteroatoms. The van der Waals surface area contributed by atoms with E-state index in [0.717, 1.165) is 36.0 Å². The molecule has 0 radical (unpaired) electrons. The lowest BCUT2D eigenvalue weighted by Crippen LogP contribution is -2.47. The van der Waals surface area contributed by atoms with Crippen LogP contribution in [-0.2, 0) is 4.79 Å². The molecule has 0 saturated carbocycles. The lowest BCUT2D eigenvalue weighted by atomic mass is 10.0. The first-order valence-corrected chi connectivity index (χ1v) is 7.96.